The molecule has 0 amide bonds. The van der Waals surface area contributed by atoms with E-state index in [0.717, 1.165) is 25.3 Å². The Morgan fingerprint density at radius 1 is 1.24 bits per heavy atom. The number of carbonyl (C=O) groups is 1. The van der Waals surface area contributed by atoms with Gasteiger partial charge in [-0.3, -0.25) is 16.0 Å². The molecule has 1 aromatic carbocycles. The Labute approximate surface area is 207 Å². The standard InChI is InChI=1S/C20H24F3N5O2.C2HF3O2/c1-2-3-4-5-11-29-16-9-8-13(12-14(16)20(21,22)23)17-26-18(30-27-17)15-7-6-10-28(15)19(24)25;3-2(4,5)1(6)7/h4-5,8-9,12,15H,2-3,6-7,10-11H2,1H3,(H3,24,25);(H,6,7)/t15-;/m0./s1. The van der Waals surface area contributed by atoms with Crippen molar-refractivity contribution in [1.29, 1.82) is 0 Å². The van der Waals surface area contributed by atoms with Crippen LogP contribution in [0.25, 0.3) is 11.4 Å². The van der Waals surface area contributed by atoms with Crippen LogP contribution in [-0.2, 0) is 11.0 Å². The van der Waals surface area contributed by atoms with Crippen molar-refractivity contribution >= 4 is 11.9 Å². The molecule has 1 aromatic heterocycles. The normalized spacial score (nSPS) is 16.0. The summed E-state index contributed by atoms with van der Waals surface area (Å²) in [7, 11) is 0. The Bertz CT molecular complexity index is 1120. The number of carbonyl (C=O) groups excluding carboxylic acids is 1. The average molecular weight is 537 g/mol. The van der Waals surface area contributed by atoms with Crippen LogP contribution in [0.4, 0.5) is 26.3 Å². The van der Waals surface area contributed by atoms with E-state index in [-0.39, 0.29) is 41.6 Å². The van der Waals surface area contributed by atoms with E-state index in [1.165, 1.54) is 12.1 Å². The molecule has 9 nitrogen and oxygen atoms in total. The minimum absolute atomic E-state index is 0.0588. The molecule has 2 aromatic rings. The maximum absolute atomic E-state index is 13.6. The van der Waals surface area contributed by atoms with Crippen molar-refractivity contribution in [2.75, 3.05) is 13.2 Å². The number of carboxylic acids is 1. The molecule has 204 valence electrons. The zero-order chi connectivity index (χ0) is 27.8. The molecule has 1 fully saturated rings. The van der Waals surface area contributed by atoms with Crippen molar-refractivity contribution in [3.8, 4) is 17.1 Å². The third-order valence-corrected chi connectivity index (χ3v) is 5.04. The lowest BCUT2D eigenvalue weighted by molar-refractivity contribution is -0.555. The van der Waals surface area contributed by atoms with Crippen LogP contribution in [-0.4, -0.2) is 46.0 Å². The Kier molecular flexibility index (Phi) is 9.91. The van der Waals surface area contributed by atoms with Gasteiger partial charge in [-0.05, 0) is 37.5 Å². The van der Waals surface area contributed by atoms with Gasteiger partial charge in [-0.2, -0.15) is 31.3 Å². The van der Waals surface area contributed by atoms with E-state index >= 15 is 0 Å². The lowest BCUT2D eigenvalue weighted by Gasteiger charge is -2.14. The quantitative estimate of drug-likeness (QED) is 0.238. The van der Waals surface area contributed by atoms with Gasteiger partial charge >= 0.3 is 18.3 Å². The number of aromatic nitrogens is 2. The van der Waals surface area contributed by atoms with E-state index in [4.69, 9.17) is 30.6 Å². The van der Waals surface area contributed by atoms with Gasteiger partial charge in [0.15, 0.2) is 6.04 Å². The summed E-state index contributed by atoms with van der Waals surface area (Å²) < 4.78 is 84.6. The number of guanidine groups is 1. The summed E-state index contributed by atoms with van der Waals surface area (Å²) in [6.45, 7) is 2.73. The average Bonchev–Trinajstić information content (AvgIpc) is 3.48. The number of aliphatic carboxylic acids is 1. The van der Waals surface area contributed by atoms with Crippen molar-refractivity contribution < 1.29 is 50.1 Å². The van der Waals surface area contributed by atoms with Crippen LogP contribution in [0, 0.1) is 0 Å². The van der Waals surface area contributed by atoms with Gasteiger partial charge in [-0.15, -0.1) is 0 Å². The fraction of sp³-hybridized carbons (Fsp3) is 0.455. The molecule has 4 N–H and O–H groups in total. The molecule has 0 saturated carbocycles. The molecule has 2 heterocycles. The van der Waals surface area contributed by atoms with E-state index < -0.39 is 23.9 Å². The van der Waals surface area contributed by atoms with Gasteiger partial charge < -0.3 is 19.2 Å². The Morgan fingerprint density at radius 2 is 1.92 bits per heavy atom. The molecule has 1 saturated heterocycles. The topological polar surface area (TPSA) is 143 Å². The SMILES string of the molecule is CCCC=CCOc1ccc(-c2noc([C@@H]3CCC[N+]3=C(N)N)n2)cc1C(F)(F)F.O=C([O-])C(F)(F)F. The number of ether oxygens (including phenoxy) is 1. The second-order valence-corrected chi connectivity index (χ2v) is 7.80. The number of unbranched alkanes of at least 4 members (excludes halogenated alkanes) is 1. The van der Waals surface area contributed by atoms with E-state index in [1.807, 2.05) is 13.0 Å². The van der Waals surface area contributed by atoms with Crippen LogP contribution in [0.5, 0.6) is 5.75 Å². The molecule has 0 radical (unpaired) electrons. The van der Waals surface area contributed by atoms with Gasteiger partial charge in [-0.1, -0.05) is 30.7 Å². The fourth-order valence-electron chi connectivity index (χ4n) is 3.33. The zero-order valence-electron chi connectivity index (χ0n) is 19.6. The second-order valence-electron chi connectivity index (χ2n) is 7.80. The number of nitrogens with zero attached hydrogens (tertiary/aromatic N) is 3. The number of allylic oxidation sites excluding steroid dienone is 1. The van der Waals surface area contributed by atoms with E-state index in [2.05, 4.69) is 10.1 Å². The summed E-state index contributed by atoms with van der Waals surface area (Å²) in [4.78, 5) is 13.1. The summed E-state index contributed by atoms with van der Waals surface area (Å²) in [5.41, 5.74) is 10.7. The first-order chi connectivity index (χ1) is 17.3. The molecule has 1 atom stereocenters. The van der Waals surface area contributed by atoms with Crippen molar-refractivity contribution in [3.05, 3.63) is 41.8 Å². The van der Waals surface area contributed by atoms with Crippen LogP contribution < -0.4 is 21.3 Å². The van der Waals surface area contributed by atoms with Gasteiger partial charge in [0.25, 0.3) is 5.89 Å². The number of rotatable bonds is 7. The number of nitrogens with two attached hydrogens (primary N) is 2. The molecule has 1 aliphatic heterocycles. The number of hydrogen-bond donors (Lipinski definition) is 2. The maximum atomic E-state index is 13.6. The second kappa shape index (κ2) is 12.5. The first kappa shape index (κ1) is 29.5. The minimum Gasteiger partial charge on any atom is -0.542 e. The monoisotopic (exact) mass is 537 g/mol. The molecular weight excluding hydrogens is 512 g/mol. The van der Waals surface area contributed by atoms with E-state index in [1.54, 1.807) is 10.7 Å². The number of benzene rings is 1. The number of alkyl halides is 6. The highest BCUT2D eigenvalue weighted by Gasteiger charge is 2.36. The van der Waals surface area contributed by atoms with Gasteiger partial charge in [-0.25, -0.2) is 0 Å². The van der Waals surface area contributed by atoms with Gasteiger partial charge in [0, 0.05) is 5.56 Å². The zero-order valence-corrected chi connectivity index (χ0v) is 19.6. The molecule has 37 heavy (non-hydrogen) atoms. The fourth-order valence-corrected chi connectivity index (χ4v) is 3.33. The van der Waals surface area contributed by atoms with Crippen LogP contribution in [0.2, 0.25) is 0 Å². The van der Waals surface area contributed by atoms with Crippen LogP contribution >= 0.6 is 0 Å². The highest BCUT2D eigenvalue weighted by Crippen LogP contribution is 2.39. The minimum atomic E-state index is -5.19. The summed E-state index contributed by atoms with van der Waals surface area (Å²) >= 11 is 0. The molecule has 0 bridgehead atoms. The summed E-state index contributed by atoms with van der Waals surface area (Å²) in [5, 5.41) is 12.6. The smallest absolute Gasteiger partial charge is 0.430 e. The largest absolute Gasteiger partial charge is 0.542 e. The highest BCUT2D eigenvalue weighted by molar-refractivity contribution is 5.71. The molecule has 3 rings (SSSR count). The van der Waals surface area contributed by atoms with Gasteiger partial charge in [0.1, 0.15) is 18.3 Å². The van der Waals surface area contributed by atoms with Crippen molar-refractivity contribution in [2.45, 2.75) is 51.0 Å². The van der Waals surface area contributed by atoms with Crippen molar-refractivity contribution in [1.82, 2.24) is 10.1 Å². The summed E-state index contributed by atoms with van der Waals surface area (Å²) in [6, 6.07) is 3.44. The molecule has 1 aliphatic rings. The molecular formula is C22H25F6N5O4. The lowest BCUT2D eigenvalue weighted by Crippen LogP contribution is -2.37. The molecule has 0 unspecified atom stereocenters. The Balaban J connectivity index is 0.000000604. The van der Waals surface area contributed by atoms with Crippen molar-refractivity contribution in [2.24, 2.45) is 11.5 Å². The van der Waals surface area contributed by atoms with E-state index in [0.29, 0.717) is 13.0 Å². The highest BCUT2D eigenvalue weighted by atomic mass is 19.4. The lowest BCUT2D eigenvalue weighted by atomic mass is 10.1. The predicted molar refractivity (Wildman–Crippen MR) is 116 cm³/mol. The summed E-state index contributed by atoms with van der Waals surface area (Å²) in [6.07, 6.45) is -2.84. The molecule has 0 spiro atoms. The van der Waals surface area contributed by atoms with Gasteiger partial charge in [0.2, 0.25) is 5.82 Å². The summed E-state index contributed by atoms with van der Waals surface area (Å²) in [5.74, 6) is -2.78. The van der Waals surface area contributed by atoms with E-state index in [9.17, 15) is 26.3 Å². The molecule has 0 aliphatic carbocycles. The first-order valence-electron chi connectivity index (χ1n) is 11.0. The third-order valence-electron chi connectivity index (χ3n) is 5.04. The number of carboxylic acid groups (broad SMARTS) is 1. The number of halogens is 6. The predicted octanol–water partition coefficient (Wildman–Crippen LogP) is 2.91. The van der Waals surface area contributed by atoms with Crippen LogP contribution in [0.15, 0.2) is 34.9 Å². The number of hydrogen-bond acceptors (Lipinski definition) is 6. The Morgan fingerprint density at radius 3 is 2.49 bits per heavy atom. The molecule has 15 heteroatoms. The van der Waals surface area contributed by atoms with Crippen LogP contribution in [0.3, 0.4) is 0 Å². The third kappa shape index (κ3) is 8.39. The maximum Gasteiger partial charge on any atom is 0.430 e. The van der Waals surface area contributed by atoms with Gasteiger partial charge in [0.05, 0.1) is 12.1 Å². The van der Waals surface area contributed by atoms with Crippen LogP contribution in [0.1, 0.15) is 50.1 Å². The Hall–Kier alpha value is -3.78. The van der Waals surface area contributed by atoms with Crippen molar-refractivity contribution in [3.63, 3.8) is 0 Å². The first-order valence-corrected chi connectivity index (χ1v) is 11.0.